The number of benzene rings is 2. The van der Waals surface area contributed by atoms with Gasteiger partial charge in [0.1, 0.15) is 5.82 Å². The van der Waals surface area contributed by atoms with E-state index in [0.29, 0.717) is 0 Å². The highest BCUT2D eigenvalue weighted by Gasteiger charge is 2.20. The van der Waals surface area contributed by atoms with Gasteiger partial charge < -0.3 is 5.32 Å². The SMILES string of the molecule is O=C(/C=C/c1ccc(F)cc1)NC1CCSc2ccccc21. The Balaban J connectivity index is 1.66. The number of amides is 1. The van der Waals surface area contributed by atoms with Gasteiger partial charge in [0.25, 0.3) is 0 Å². The van der Waals surface area contributed by atoms with E-state index in [1.807, 2.05) is 23.9 Å². The minimum absolute atomic E-state index is 0.0582. The Morgan fingerprint density at radius 3 is 2.77 bits per heavy atom. The molecule has 22 heavy (non-hydrogen) atoms. The van der Waals surface area contributed by atoms with E-state index in [4.69, 9.17) is 0 Å². The molecule has 4 heteroatoms. The lowest BCUT2D eigenvalue weighted by Crippen LogP contribution is -2.29. The van der Waals surface area contributed by atoms with E-state index in [1.165, 1.54) is 28.7 Å². The second-order valence-corrected chi connectivity index (χ2v) is 6.26. The Bertz CT molecular complexity index is 696. The van der Waals surface area contributed by atoms with Crippen molar-refractivity contribution in [1.29, 1.82) is 0 Å². The van der Waals surface area contributed by atoms with Crippen molar-refractivity contribution in [2.75, 3.05) is 5.75 Å². The third-order valence-corrected chi connectivity index (χ3v) is 4.69. The van der Waals surface area contributed by atoms with Crippen LogP contribution in [0.25, 0.3) is 6.08 Å². The third-order valence-electron chi connectivity index (χ3n) is 3.57. The highest BCUT2D eigenvalue weighted by molar-refractivity contribution is 7.99. The number of hydrogen-bond donors (Lipinski definition) is 1. The van der Waals surface area contributed by atoms with Crippen LogP contribution in [0.15, 0.2) is 59.5 Å². The summed E-state index contributed by atoms with van der Waals surface area (Å²) < 4.78 is 12.8. The van der Waals surface area contributed by atoms with Crippen LogP contribution in [0, 0.1) is 5.82 Å². The number of nitrogens with one attached hydrogen (secondary N) is 1. The number of carbonyl (C=O) groups excluding carboxylic acids is 1. The molecule has 1 amide bonds. The first-order valence-electron chi connectivity index (χ1n) is 7.18. The van der Waals surface area contributed by atoms with E-state index in [0.717, 1.165) is 17.7 Å². The molecule has 0 aromatic heterocycles. The Morgan fingerprint density at radius 1 is 1.18 bits per heavy atom. The summed E-state index contributed by atoms with van der Waals surface area (Å²) in [6, 6.07) is 14.3. The number of rotatable bonds is 3. The second kappa shape index (κ2) is 6.79. The molecule has 0 radical (unpaired) electrons. The molecule has 1 atom stereocenters. The molecule has 0 aliphatic carbocycles. The Labute approximate surface area is 133 Å². The van der Waals surface area contributed by atoms with E-state index < -0.39 is 0 Å². The summed E-state index contributed by atoms with van der Waals surface area (Å²) in [6.45, 7) is 0. The molecule has 1 N–H and O–H groups in total. The number of hydrogen-bond acceptors (Lipinski definition) is 2. The maximum absolute atomic E-state index is 12.8. The third kappa shape index (κ3) is 3.57. The topological polar surface area (TPSA) is 29.1 Å². The summed E-state index contributed by atoms with van der Waals surface area (Å²) in [5.74, 6) is 0.595. The predicted octanol–water partition coefficient (Wildman–Crippen LogP) is 4.19. The summed E-state index contributed by atoms with van der Waals surface area (Å²) in [5, 5.41) is 3.04. The van der Waals surface area contributed by atoms with E-state index in [1.54, 1.807) is 18.2 Å². The lowest BCUT2D eigenvalue weighted by atomic mass is 10.0. The van der Waals surface area contributed by atoms with Crippen molar-refractivity contribution < 1.29 is 9.18 Å². The van der Waals surface area contributed by atoms with Crippen molar-refractivity contribution >= 4 is 23.7 Å². The normalized spacial score (nSPS) is 17.2. The first-order chi connectivity index (χ1) is 10.7. The van der Waals surface area contributed by atoms with Crippen LogP contribution in [0.5, 0.6) is 0 Å². The van der Waals surface area contributed by atoms with Crippen LogP contribution in [0.2, 0.25) is 0 Å². The molecule has 1 aliphatic rings. The fourth-order valence-electron chi connectivity index (χ4n) is 2.46. The molecule has 1 unspecified atom stereocenters. The van der Waals surface area contributed by atoms with Gasteiger partial charge in [-0.25, -0.2) is 4.39 Å². The van der Waals surface area contributed by atoms with Crippen molar-refractivity contribution in [3.8, 4) is 0 Å². The first kappa shape index (κ1) is 14.9. The minimum atomic E-state index is -0.280. The van der Waals surface area contributed by atoms with Crippen molar-refractivity contribution in [1.82, 2.24) is 5.32 Å². The van der Waals surface area contributed by atoms with Gasteiger partial charge in [-0.05, 0) is 41.8 Å². The van der Waals surface area contributed by atoms with Gasteiger partial charge in [0.05, 0.1) is 6.04 Å². The van der Waals surface area contributed by atoms with Crippen molar-refractivity contribution in [2.24, 2.45) is 0 Å². The molecule has 0 bridgehead atoms. The van der Waals surface area contributed by atoms with Gasteiger partial charge in [-0.2, -0.15) is 0 Å². The van der Waals surface area contributed by atoms with E-state index in [2.05, 4.69) is 17.4 Å². The fourth-order valence-corrected chi connectivity index (χ4v) is 3.58. The van der Waals surface area contributed by atoms with Crippen LogP contribution in [0.1, 0.15) is 23.6 Å². The number of carbonyl (C=O) groups is 1. The average Bonchev–Trinajstić information content (AvgIpc) is 2.55. The van der Waals surface area contributed by atoms with Gasteiger partial charge in [-0.3, -0.25) is 4.79 Å². The Morgan fingerprint density at radius 2 is 1.95 bits per heavy atom. The van der Waals surface area contributed by atoms with Crippen LogP contribution in [0.4, 0.5) is 4.39 Å². The number of thioether (sulfide) groups is 1. The first-order valence-corrected chi connectivity index (χ1v) is 8.17. The van der Waals surface area contributed by atoms with Crippen LogP contribution in [-0.2, 0) is 4.79 Å². The van der Waals surface area contributed by atoms with Crippen molar-refractivity contribution in [3.05, 3.63) is 71.6 Å². The Hall–Kier alpha value is -2.07. The molecule has 1 heterocycles. The van der Waals surface area contributed by atoms with Gasteiger partial charge in [0.2, 0.25) is 5.91 Å². The standard InChI is InChI=1S/C18H16FNOS/c19-14-8-5-13(6-9-14)7-10-18(21)20-16-11-12-22-17-4-2-1-3-15(16)17/h1-10,16H,11-12H2,(H,20,21)/b10-7+. The molecule has 3 rings (SSSR count). The summed E-state index contributed by atoms with van der Waals surface area (Å²) in [7, 11) is 0. The lowest BCUT2D eigenvalue weighted by Gasteiger charge is -2.25. The van der Waals surface area contributed by atoms with Gasteiger partial charge in [-0.1, -0.05) is 30.3 Å². The molecule has 0 saturated heterocycles. The van der Waals surface area contributed by atoms with Crippen LogP contribution >= 0.6 is 11.8 Å². The molecule has 1 aliphatic heterocycles. The quantitative estimate of drug-likeness (QED) is 0.861. The van der Waals surface area contributed by atoms with Crippen molar-refractivity contribution in [3.63, 3.8) is 0 Å². The highest BCUT2D eigenvalue weighted by atomic mass is 32.2. The van der Waals surface area contributed by atoms with Crippen LogP contribution < -0.4 is 5.32 Å². The van der Waals surface area contributed by atoms with Crippen LogP contribution in [0.3, 0.4) is 0 Å². The second-order valence-electron chi connectivity index (χ2n) is 5.12. The molecule has 112 valence electrons. The van der Waals surface area contributed by atoms with E-state index in [9.17, 15) is 9.18 Å². The van der Waals surface area contributed by atoms with E-state index >= 15 is 0 Å². The molecular weight excluding hydrogens is 297 g/mol. The van der Waals surface area contributed by atoms with Gasteiger partial charge in [0.15, 0.2) is 0 Å². The van der Waals surface area contributed by atoms with Gasteiger partial charge in [0, 0.05) is 16.7 Å². The summed E-state index contributed by atoms with van der Waals surface area (Å²) in [4.78, 5) is 13.3. The monoisotopic (exact) mass is 313 g/mol. The molecule has 0 spiro atoms. The summed E-state index contributed by atoms with van der Waals surface area (Å²) >= 11 is 1.83. The summed E-state index contributed by atoms with van der Waals surface area (Å²) in [6.07, 6.45) is 4.12. The minimum Gasteiger partial charge on any atom is -0.346 e. The predicted molar refractivity (Wildman–Crippen MR) is 88.1 cm³/mol. The number of halogens is 1. The van der Waals surface area contributed by atoms with Crippen molar-refractivity contribution in [2.45, 2.75) is 17.4 Å². The van der Waals surface area contributed by atoms with Crippen LogP contribution in [-0.4, -0.2) is 11.7 Å². The smallest absolute Gasteiger partial charge is 0.244 e. The molecular formula is C18H16FNOS. The molecule has 2 nitrogen and oxygen atoms in total. The fraction of sp³-hybridized carbons (Fsp3) is 0.167. The highest BCUT2D eigenvalue weighted by Crippen LogP contribution is 2.35. The Kier molecular flexibility index (Phi) is 4.59. The van der Waals surface area contributed by atoms with Gasteiger partial charge >= 0.3 is 0 Å². The van der Waals surface area contributed by atoms with E-state index in [-0.39, 0.29) is 17.8 Å². The maximum Gasteiger partial charge on any atom is 0.244 e. The largest absolute Gasteiger partial charge is 0.346 e. The molecule has 0 saturated carbocycles. The zero-order valence-corrected chi connectivity index (χ0v) is 12.8. The lowest BCUT2D eigenvalue weighted by molar-refractivity contribution is -0.117. The molecule has 2 aromatic carbocycles. The number of fused-ring (bicyclic) bond motifs is 1. The average molecular weight is 313 g/mol. The zero-order chi connectivity index (χ0) is 15.4. The maximum atomic E-state index is 12.8. The zero-order valence-electron chi connectivity index (χ0n) is 12.0. The molecule has 0 fully saturated rings. The summed E-state index contributed by atoms with van der Waals surface area (Å²) in [5.41, 5.74) is 1.98. The molecule has 2 aromatic rings. The van der Waals surface area contributed by atoms with Gasteiger partial charge in [-0.15, -0.1) is 11.8 Å².